The lowest BCUT2D eigenvalue weighted by atomic mass is 10.2. The number of methoxy groups -OCH3 is 2. The lowest BCUT2D eigenvalue weighted by molar-refractivity contribution is 0.103. The second kappa shape index (κ2) is 8.26. The van der Waals surface area contributed by atoms with Gasteiger partial charge in [-0.05, 0) is 6.07 Å². The van der Waals surface area contributed by atoms with Gasteiger partial charge in [-0.15, -0.1) is 11.3 Å². The topological polar surface area (TPSA) is 84.9 Å². The number of anilines is 1. The average Bonchev–Trinajstić information content (AvgIpc) is 3.12. The molecule has 142 valence electrons. The third-order valence-corrected chi connectivity index (χ3v) is 6.96. The molecular formula is C16H19ClN2O5S2. The Labute approximate surface area is 161 Å². The molecular weight excluding hydrogens is 400 g/mol. The molecule has 0 aliphatic rings. The highest BCUT2D eigenvalue weighted by Gasteiger charge is 2.23. The van der Waals surface area contributed by atoms with Crippen molar-refractivity contribution >= 4 is 44.6 Å². The van der Waals surface area contributed by atoms with E-state index in [1.807, 2.05) is 0 Å². The maximum atomic E-state index is 12.5. The Hall–Kier alpha value is -1.81. The Morgan fingerprint density at radius 2 is 1.88 bits per heavy atom. The Kier molecular flexibility index (Phi) is 6.51. The zero-order valence-electron chi connectivity index (χ0n) is 14.7. The third-order valence-electron chi connectivity index (χ3n) is 3.67. The highest BCUT2D eigenvalue weighted by molar-refractivity contribution is 7.89. The summed E-state index contributed by atoms with van der Waals surface area (Å²) in [6.07, 6.45) is 0. The zero-order chi connectivity index (χ0) is 19.5. The van der Waals surface area contributed by atoms with Crippen molar-refractivity contribution in [3.63, 3.8) is 0 Å². The van der Waals surface area contributed by atoms with Crippen LogP contribution >= 0.6 is 22.9 Å². The first-order valence-electron chi connectivity index (χ1n) is 7.52. The highest BCUT2D eigenvalue weighted by Crippen LogP contribution is 2.36. The maximum absolute atomic E-state index is 12.5. The van der Waals surface area contributed by atoms with Crippen molar-refractivity contribution in [3.8, 4) is 11.5 Å². The van der Waals surface area contributed by atoms with Crippen molar-refractivity contribution in [1.82, 2.24) is 4.31 Å². The van der Waals surface area contributed by atoms with Crippen LogP contribution in [-0.4, -0.2) is 46.4 Å². The van der Waals surface area contributed by atoms with Gasteiger partial charge in [-0.2, -0.15) is 0 Å². The van der Waals surface area contributed by atoms with Gasteiger partial charge in [0, 0.05) is 31.1 Å². The van der Waals surface area contributed by atoms with E-state index in [9.17, 15) is 13.2 Å². The van der Waals surface area contributed by atoms with Crippen LogP contribution in [0.1, 0.15) is 16.6 Å². The van der Waals surface area contributed by atoms with Crippen LogP contribution < -0.4 is 14.8 Å². The molecule has 0 aliphatic carbocycles. The van der Waals surface area contributed by atoms with Crippen LogP contribution in [0.3, 0.4) is 0 Å². The number of thiophene rings is 1. The molecule has 1 amide bonds. The van der Waals surface area contributed by atoms with Crippen molar-refractivity contribution < 1.29 is 22.7 Å². The SMILES string of the molecule is CCN(C)S(=O)(=O)c1csc(C(=O)Nc2cc(OC)c(Cl)cc2OC)c1. The monoisotopic (exact) mass is 418 g/mol. The Balaban J connectivity index is 2.30. The molecule has 2 rings (SSSR count). The summed E-state index contributed by atoms with van der Waals surface area (Å²) in [5.74, 6) is 0.277. The zero-order valence-corrected chi connectivity index (χ0v) is 17.1. The molecule has 0 bridgehead atoms. The largest absolute Gasteiger partial charge is 0.495 e. The molecule has 1 aromatic carbocycles. The fraction of sp³-hybridized carbons (Fsp3) is 0.312. The summed E-state index contributed by atoms with van der Waals surface area (Å²) >= 11 is 7.09. The number of carbonyl (C=O) groups excluding carboxylic acids is 1. The van der Waals surface area contributed by atoms with Crippen molar-refractivity contribution in [2.24, 2.45) is 0 Å². The van der Waals surface area contributed by atoms with Gasteiger partial charge in [0.25, 0.3) is 5.91 Å². The molecule has 2 aromatic rings. The summed E-state index contributed by atoms with van der Waals surface area (Å²) in [7, 11) is 0.789. The first kappa shape index (κ1) is 20.5. The van der Waals surface area contributed by atoms with Crippen molar-refractivity contribution in [3.05, 3.63) is 33.5 Å². The number of rotatable bonds is 7. The summed E-state index contributed by atoms with van der Waals surface area (Å²) in [5.41, 5.74) is 0.363. The number of sulfonamides is 1. The number of carbonyl (C=O) groups is 1. The Bertz CT molecular complexity index is 911. The summed E-state index contributed by atoms with van der Waals surface area (Å²) in [6.45, 7) is 2.07. The fourth-order valence-corrected chi connectivity index (χ4v) is 4.63. The van der Waals surface area contributed by atoms with Gasteiger partial charge in [-0.1, -0.05) is 18.5 Å². The van der Waals surface area contributed by atoms with Crippen LogP contribution in [0.15, 0.2) is 28.5 Å². The van der Waals surface area contributed by atoms with Crippen LogP contribution in [0, 0.1) is 0 Å². The lowest BCUT2D eigenvalue weighted by Crippen LogP contribution is -2.26. The molecule has 0 radical (unpaired) electrons. The van der Waals surface area contributed by atoms with Crippen LogP contribution in [0.2, 0.25) is 5.02 Å². The van der Waals surface area contributed by atoms with Gasteiger partial charge >= 0.3 is 0 Å². The van der Waals surface area contributed by atoms with E-state index >= 15 is 0 Å². The van der Waals surface area contributed by atoms with Crippen LogP contribution in [-0.2, 0) is 10.0 Å². The lowest BCUT2D eigenvalue weighted by Gasteiger charge is -2.13. The summed E-state index contributed by atoms with van der Waals surface area (Å²) in [5, 5.41) is 4.47. The summed E-state index contributed by atoms with van der Waals surface area (Å²) in [4.78, 5) is 12.8. The quantitative estimate of drug-likeness (QED) is 0.745. The number of hydrogen-bond donors (Lipinski definition) is 1. The first-order valence-corrected chi connectivity index (χ1v) is 10.2. The number of hydrogen-bond acceptors (Lipinski definition) is 6. The predicted octanol–water partition coefficient (Wildman–Crippen LogP) is 3.31. The molecule has 1 heterocycles. The molecule has 0 saturated heterocycles. The number of ether oxygens (including phenoxy) is 2. The molecule has 26 heavy (non-hydrogen) atoms. The standard InChI is InChI=1S/C16H19ClN2O5S2/c1-5-19(2)26(21,22)10-6-15(25-9-10)16(20)18-12-8-13(23-3)11(17)7-14(12)24-4/h6-9H,5H2,1-4H3,(H,18,20). The number of nitrogens with one attached hydrogen (secondary N) is 1. The van der Waals surface area contributed by atoms with E-state index in [1.54, 1.807) is 6.92 Å². The number of benzene rings is 1. The molecule has 0 atom stereocenters. The van der Waals surface area contributed by atoms with E-state index in [0.29, 0.717) is 28.8 Å². The van der Waals surface area contributed by atoms with Crippen molar-refractivity contribution in [2.45, 2.75) is 11.8 Å². The minimum atomic E-state index is -3.60. The predicted molar refractivity (Wildman–Crippen MR) is 102 cm³/mol. The minimum absolute atomic E-state index is 0.0812. The van der Waals surface area contributed by atoms with E-state index < -0.39 is 15.9 Å². The van der Waals surface area contributed by atoms with Crippen molar-refractivity contribution in [2.75, 3.05) is 33.1 Å². The van der Waals surface area contributed by atoms with Crippen molar-refractivity contribution in [1.29, 1.82) is 0 Å². The van der Waals surface area contributed by atoms with Gasteiger partial charge in [0.05, 0.1) is 34.7 Å². The summed E-state index contributed by atoms with van der Waals surface area (Å²) in [6, 6.07) is 4.41. The van der Waals surface area contributed by atoms with Gasteiger partial charge in [0.15, 0.2) is 0 Å². The average molecular weight is 419 g/mol. The Morgan fingerprint density at radius 1 is 1.23 bits per heavy atom. The number of nitrogens with zero attached hydrogens (tertiary/aromatic N) is 1. The van der Waals surface area contributed by atoms with Gasteiger partial charge < -0.3 is 14.8 Å². The second-order valence-electron chi connectivity index (χ2n) is 5.21. The molecule has 0 fully saturated rings. The van der Waals surface area contributed by atoms with Gasteiger partial charge in [-0.25, -0.2) is 12.7 Å². The Morgan fingerprint density at radius 3 is 2.46 bits per heavy atom. The third kappa shape index (κ3) is 4.12. The number of amides is 1. The van der Waals surface area contributed by atoms with Crippen LogP contribution in [0.5, 0.6) is 11.5 Å². The summed E-state index contributed by atoms with van der Waals surface area (Å²) < 4.78 is 36.2. The molecule has 0 spiro atoms. The molecule has 10 heteroatoms. The second-order valence-corrected chi connectivity index (χ2v) is 8.57. The minimum Gasteiger partial charge on any atom is -0.495 e. The fourth-order valence-electron chi connectivity index (χ4n) is 2.07. The molecule has 1 aromatic heterocycles. The normalized spacial score (nSPS) is 11.5. The van der Waals surface area contributed by atoms with Gasteiger partial charge in [0.1, 0.15) is 11.5 Å². The van der Waals surface area contributed by atoms with Gasteiger partial charge in [0.2, 0.25) is 10.0 Å². The van der Waals surface area contributed by atoms with E-state index in [4.69, 9.17) is 21.1 Å². The van der Waals surface area contributed by atoms with Gasteiger partial charge in [-0.3, -0.25) is 4.79 Å². The van der Waals surface area contributed by atoms with E-state index in [1.165, 1.54) is 49.2 Å². The van der Waals surface area contributed by atoms with E-state index in [-0.39, 0.29) is 9.77 Å². The molecule has 7 nitrogen and oxygen atoms in total. The molecule has 0 unspecified atom stereocenters. The molecule has 1 N–H and O–H groups in total. The number of halogens is 1. The smallest absolute Gasteiger partial charge is 0.265 e. The first-order chi connectivity index (χ1) is 12.2. The van der Waals surface area contributed by atoms with Crippen LogP contribution in [0.4, 0.5) is 5.69 Å². The van der Waals surface area contributed by atoms with E-state index in [0.717, 1.165) is 11.3 Å². The van der Waals surface area contributed by atoms with E-state index in [2.05, 4.69) is 5.32 Å². The molecule has 0 saturated carbocycles. The van der Waals surface area contributed by atoms with Crippen LogP contribution in [0.25, 0.3) is 0 Å². The molecule has 0 aliphatic heterocycles. The highest BCUT2D eigenvalue weighted by atomic mass is 35.5. The maximum Gasteiger partial charge on any atom is 0.265 e.